The number of aromatic hydroxyl groups is 1. The molecular weight excluding hydrogens is 420 g/mol. The van der Waals surface area contributed by atoms with Crippen molar-refractivity contribution in [1.82, 2.24) is 14.9 Å². The normalized spacial score (nSPS) is 12.4. The van der Waals surface area contributed by atoms with E-state index in [1.54, 1.807) is 29.5 Å². The lowest BCUT2D eigenvalue weighted by Gasteiger charge is -2.29. The molecule has 0 aliphatic carbocycles. The highest BCUT2D eigenvalue weighted by Crippen LogP contribution is 2.26. The molecule has 1 atom stereocenters. The number of nitrogens with one attached hydrogen (secondary N) is 1. The van der Waals surface area contributed by atoms with E-state index >= 15 is 0 Å². The molecule has 0 fully saturated rings. The zero-order valence-corrected chi connectivity index (χ0v) is 19.4. The number of nitrogens with zero attached hydrogens (tertiary/aromatic N) is 3. The van der Waals surface area contributed by atoms with Crippen molar-refractivity contribution in [1.29, 1.82) is 0 Å². The van der Waals surface area contributed by atoms with E-state index in [0.29, 0.717) is 18.9 Å². The van der Waals surface area contributed by atoms with Gasteiger partial charge in [-0.05, 0) is 55.7 Å². The van der Waals surface area contributed by atoms with Gasteiger partial charge >= 0.3 is 0 Å². The molecule has 6 nitrogen and oxygen atoms in total. The minimum Gasteiger partial charge on any atom is -0.508 e. The zero-order chi connectivity index (χ0) is 22.7. The number of aromatic amines is 1. The molecule has 2 aromatic carbocycles. The summed E-state index contributed by atoms with van der Waals surface area (Å²) in [4.78, 5) is 25.4. The molecule has 0 saturated carbocycles. The third-order valence-electron chi connectivity index (χ3n) is 5.60. The smallest absolute Gasteiger partial charge is 0.252 e. The summed E-state index contributed by atoms with van der Waals surface area (Å²) in [5.74, 6) is 0.843. The lowest BCUT2D eigenvalue weighted by Crippen LogP contribution is -2.41. The van der Waals surface area contributed by atoms with Gasteiger partial charge in [-0.2, -0.15) is 0 Å². The molecule has 2 heterocycles. The maximum Gasteiger partial charge on any atom is 0.252 e. The van der Waals surface area contributed by atoms with Gasteiger partial charge in [0.05, 0.1) is 5.69 Å². The van der Waals surface area contributed by atoms with Crippen LogP contribution in [-0.4, -0.2) is 53.7 Å². The number of hydrogen-bond acceptors (Lipinski definition) is 6. The number of H-pyrrole nitrogens is 1. The first-order valence-electron chi connectivity index (χ1n) is 10.6. The quantitative estimate of drug-likeness (QED) is 0.428. The molecule has 0 aliphatic rings. The highest BCUT2D eigenvalue weighted by Gasteiger charge is 2.17. The minimum atomic E-state index is -0.141. The topological polar surface area (TPSA) is 72.5 Å². The van der Waals surface area contributed by atoms with Gasteiger partial charge in [0, 0.05) is 41.7 Å². The lowest BCUT2D eigenvalue weighted by molar-refractivity contribution is 0.294. The monoisotopic (exact) mass is 448 g/mol. The molecule has 7 heteroatoms. The van der Waals surface area contributed by atoms with Crippen molar-refractivity contribution in [2.45, 2.75) is 18.9 Å². The Kier molecular flexibility index (Phi) is 6.58. The number of anilines is 1. The predicted octanol–water partition coefficient (Wildman–Crippen LogP) is 3.89. The summed E-state index contributed by atoms with van der Waals surface area (Å²) in [7, 11) is 6.05. The number of aromatic nitrogens is 2. The number of thiophene rings is 1. The second-order valence-corrected chi connectivity index (χ2v) is 9.52. The Morgan fingerprint density at radius 1 is 1.06 bits per heavy atom. The van der Waals surface area contributed by atoms with E-state index in [1.165, 1.54) is 15.0 Å². The van der Waals surface area contributed by atoms with Gasteiger partial charge in [-0.1, -0.05) is 30.3 Å². The van der Waals surface area contributed by atoms with Crippen LogP contribution in [0.5, 0.6) is 5.75 Å². The van der Waals surface area contributed by atoms with E-state index < -0.39 is 0 Å². The number of phenols is 1. The Labute approximate surface area is 191 Å². The molecule has 2 N–H and O–H groups in total. The molecule has 0 bridgehead atoms. The molecule has 0 unspecified atom stereocenters. The predicted molar refractivity (Wildman–Crippen MR) is 132 cm³/mol. The summed E-state index contributed by atoms with van der Waals surface area (Å²) in [6.07, 6.45) is 1.46. The summed E-state index contributed by atoms with van der Waals surface area (Å²) >= 11 is 1.74. The van der Waals surface area contributed by atoms with Crippen molar-refractivity contribution in [3.05, 3.63) is 87.2 Å². The first-order chi connectivity index (χ1) is 15.4. The van der Waals surface area contributed by atoms with E-state index in [2.05, 4.69) is 28.1 Å². The number of phenolic OH excluding ortho intramolecular Hbond substituents is 1. The van der Waals surface area contributed by atoms with E-state index in [-0.39, 0.29) is 17.4 Å². The van der Waals surface area contributed by atoms with Crippen molar-refractivity contribution in [3.8, 4) is 5.75 Å². The van der Waals surface area contributed by atoms with Crippen LogP contribution < -0.4 is 10.5 Å². The highest BCUT2D eigenvalue weighted by molar-refractivity contribution is 7.19. The first-order valence-corrected chi connectivity index (χ1v) is 11.4. The molecule has 0 aliphatic heterocycles. The zero-order valence-electron chi connectivity index (χ0n) is 18.6. The van der Waals surface area contributed by atoms with E-state index in [0.717, 1.165) is 17.7 Å². The Morgan fingerprint density at radius 2 is 1.81 bits per heavy atom. The Morgan fingerprint density at radius 3 is 2.53 bits per heavy atom. The Hall–Kier alpha value is -3.16. The summed E-state index contributed by atoms with van der Waals surface area (Å²) in [6, 6.07) is 19.6. The van der Waals surface area contributed by atoms with Crippen LogP contribution in [0.2, 0.25) is 0 Å². The number of likely N-dealkylation sites (N-methyl/N-ethyl adjacent to an activating group) is 2. The van der Waals surface area contributed by atoms with Crippen molar-refractivity contribution in [3.63, 3.8) is 0 Å². The third kappa shape index (κ3) is 5.36. The average molecular weight is 449 g/mol. The molecule has 4 rings (SSSR count). The average Bonchev–Trinajstić information content (AvgIpc) is 3.16. The second-order valence-electron chi connectivity index (χ2n) is 8.36. The fraction of sp³-hybridized carbons (Fsp3) is 0.280. The van der Waals surface area contributed by atoms with Gasteiger partial charge in [0.2, 0.25) is 5.95 Å². The Bertz CT molecular complexity index is 1210. The SMILES string of the molecule is CN(C[C@@H](Cc1ccc(O)cc1)N(C)C)c1nc(Cc2cc3ccccc3s2)cc(=O)[nH]1. The molecular formula is C25H28N4O2S. The van der Waals surface area contributed by atoms with Crippen molar-refractivity contribution in [2.24, 2.45) is 0 Å². The van der Waals surface area contributed by atoms with Gasteiger partial charge in [-0.15, -0.1) is 11.3 Å². The molecule has 0 amide bonds. The molecule has 0 spiro atoms. The lowest BCUT2D eigenvalue weighted by atomic mass is 10.0. The van der Waals surface area contributed by atoms with E-state index in [9.17, 15) is 9.90 Å². The van der Waals surface area contributed by atoms with Crippen LogP contribution in [0.25, 0.3) is 10.1 Å². The molecule has 0 radical (unpaired) electrons. The molecule has 32 heavy (non-hydrogen) atoms. The van der Waals surface area contributed by atoms with Crippen LogP contribution in [0.4, 0.5) is 5.95 Å². The minimum absolute atomic E-state index is 0.141. The molecule has 166 valence electrons. The first kappa shape index (κ1) is 22.0. The van der Waals surface area contributed by atoms with Gasteiger partial charge < -0.3 is 14.9 Å². The highest BCUT2D eigenvalue weighted by atomic mass is 32.1. The van der Waals surface area contributed by atoms with Crippen LogP contribution >= 0.6 is 11.3 Å². The van der Waals surface area contributed by atoms with Gasteiger partial charge in [0.15, 0.2) is 0 Å². The molecule has 2 aromatic heterocycles. The molecule has 4 aromatic rings. The summed E-state index contributed by atoms with van der Waals surface area (Å²) in [6.45, 7) is 0.698. The van der Waals surface area contributed by atoms with Crippen LogP contribution in [0.1, 0.15) is 16.1 Å². The number of fused-ring (bicyclic) bond motifs is 1. The van der Waals surface area contributed by atoms with E-state index in [1.807, 2.05) is 50.3 Å². The van der Waals surface area contributed by atoms with Gasteiger partial charge in [0.1, 0.15) is 5.75 Å². The molecule has 0 saturated heterocycles. The van der Waals surface area contributed by atoms with Gasteiger partial charge in [-0.25, -0.2) is 4.98 Å². The fourth-order valence-electron chi connectivity index (χ4n) is 3.78. The summed E-state index contributed by atoms with van der Waals surface area (Å²) in [5.41, 5.74) is 1.77. The van der Waals surface area contributed by atoms with Crippen molar-refractivity contribution in [2.75, 3.05) is 32.6 Å². The number of hydrogen-bond donors (Lipinski definition) is 2. The second kappa shape index (κ2) is 9.54. The van der Waals surface area contributed by atoms with Crippen LogP contribution in [-0.2, 0) is 12.8 Å². The van der Waals surface area contributed by atoms with Crippen LogP contribution in [0.15, 0.2) is 65.5 Å². The van der Waals surface area contributed by atoms with Crippen LogP contribution in [0.3, 0.4) is 0 Å². The third-order valence-corrected chi connectivity index (χ3v) is 6.71. The van der Waals surface area contributed by atoms with Gasteiger partial charge in [-0.3, -0.25) is 9.78 Å². The summed E-state index contributed by atoms with van der Waals surface area (Å²) in [5, 5.41) is 10.8. The fourth-order valence-corrected chi connectivity index (χ4v) is 4.86. The number of rotatable bonds is 8. The van der Waals surface area contributed by atoms with E-state index in [4.69, 9.17) is 4.98 Å². The largest absolute Gasteiger partial charge is 0.508 e. The van der Waals surface area contributed by atoms with Crippen molar-refractivity contribution >= 4 is 27.4 Å². The maximum atomic E-state index is 12.4. The number of benzene rings is 2. The maximum absolute atomic E-state index is 12.4. The van der Waals surface area contributed by atoms with Crippen LogP contribution in [0, 0.1) is 0 Å². The Balaban J connectivity index is 1.50. The standard InChI is InChI=1S/C25H28N4O2S/c1-28(2)20(12-17-8-10-21(30)11-9-17)16-29(3)25-26-19(15-24(31)27-25)14-22-13-18-6-4-5-7-23(18)32-22/h4-11,13,15,20,30H,12,14,16H2,1-3H3,(H,26,27,31)/t20-/m1/s1. The van der Waals surface area contributed by atoms with Crippen molar-refractivity contribution < 1.29 is 5.11 Å². The van der Waals surface area contributed by atoms with Gasteiger partial charge in [0.25, 0.3) is 5.56 Å². The summed E-state index contributed by atoms with van der Waals surface area (Å²) < 4.78 is 1.24.